The Bertz CT molecular complexity index is 855. The Balaban J connectivity index is 2.22. The molecule has 0 unspecified atom stereocenters. The van der Waals surface area contributed by atoms with Gasteiger partial charge < -0.3 is 13.6 Å². The molecule has 0 fully saturated rings. The van der Waals surface area contributed by atoms with Crippen molar-refractivity contribution in [2.45, 2.75) is 20.3 Å². The number of rotatable bonds is 3. The van der Waals surface area contributed by atoms with Gasteiger partial charge in [-0.3, -0.25) is 0 Å². The second kappa shape index (κ2) is 5.13. The first-order valence-corrected chi connectivity index (χ1v) is 6.82. The molecule has 2 heterocycles. The molecule has 0 aliphatic carbocycles. The average Bonchev–Trinajstić information content (AvgIpc) is 2.90. The summed E-state index contributed by atoms with van der Waals surface area (Å²) in [6.07, 6.45) is 2.34. The predicted molar refractivity (Wildman–Crippen MR) is 80.9 cm³/mol. The van der Waals surface area contributed by atoms with Crippen LogP contribution in [0, 0.1) is 6.92 Å². The van der Waals surface area contributed by atoms with Crippen molar-refractivity contribution in [3.8, 4) is 17.1 Å². The zero-order valence-corrected chi connectivity index (χ0v) is 12.2. The van der Waals surface area contributed by atoms with Gasteiger partial charge >= 0.3 is 5.63 Å². The summed E-state index contributed by atoms with van der Waals surface area (Å²) in [5.74, 6) is 1.20. The van der Waals surface area contributed by atoms with Gasteiger partial charge in [-0.05, 0) is 37.1 Å². The van der Waals surface area contributed by atoms with Crippen LogP contribution in [0.25, 0.3) is 22.3 Å². The molecular weight excluding hydrogens is 268 g/mol. The summed E-state index contributed by atoms with van der Waals surface area (Å²) < 4.78 is 16.2. The Morgan fingerprint density at radius 2 is 2.00 bits per heavy atom. The first kappa shape index (κ1) is 13.5. The lowest BCUT2D eigenvalue weighted by atomic mass is 10.1. The van der Waals surface area contributed by atoms with Crippen LogP contribution in [0.4, 0.5) is 0 Å². The average molecular weight is 284 g/mol. The van der Waals surface area contributed by atoms with Crippen molar-refractivity contribution in [1.29, 1.82) is 0 Å². The highest BCUT2D eigenvalue weighted by molar-refractivity contribution is 5.82. The molecule has 0 N–H and O–H groups in total. The number of aryl methyl sites for hydroxylation is 2. The van der Waals surface area contributed by atoms with E-state index in [1.54, 1.807) is 19.4 Å². The first-order valence-electron chi connectivity index (χ1n) is 6.82. The van der Waals surface area contributed by atoms with Gasteiger partial charge in [0.25, 0.3) is 0 Å². The van der Waals surface area contributed by atoms with E-state index in [-0.39, 0.29) is 5.63 Å². The standard InChI is InChI=1S/C17H16O4/c1-4-11-9-20-15-8-14(21-17(18)16(11)15)12-5-10(2)6-13(7-12)19-3/h5-9H,4H2,1-3H3. The minimum Gasteiger partial charge on any atom is -0.497 e. The lowest BCUT2D eigenvalue weighted by Gasteiger charge is -2.06. The summed E-state index contributed by atoms with van der Waals surface area (Å²) in [5, 5.41) is 0.529. The fourth-order valence-corrected chi connectivity index (χ4v) is 2.46. The first-order chi connectivity index (χ1) is 10.1. The Morgan fingerprint density at radius 3 is 2.71 bits per heavy atom. The van der Waals surface area contributed by atoms with Gasteiger partial charge in [-0.2, -0.15) is 0 Å². The summed E-state index contributed by atoms with van der Waals surface area (Å²) >= 11 is 0. The monoisotopic (exact) mass is 284 g/mol. The molecule has 0 saturated carbocycles. The predicted octanol–water partition coefficient (Wildman–Crippen LogP) is 3.93. The highest BCUT2D eigenvalue weighted by Crippen LogP contribution is 2.28. The number of benzene rings is 1. The van der Waals surface area contributed by atoms with Crippen LogP contribution in [0.15, 0.2) is 44.2 Å². The number of methoxy groups -OCH3 is 1. The maximum absolute atomic E-state index is 12.2. The van der Waals surface area contributed by atoms with Crippen molar-refractivity contribution >= 4 is 11.0 Å². The minimum atomic E-state index is -0.367. The summed E-state index contributed by atoms with van der Waals surface area (Å²) in [7, 11) is 1.61. The van der Waals surface area contributed by atoms with E-state index in [9.17, 15) is 4.79 Å². The largest absolute Gasteiger partial charge is 0.497 e. The second-order valence-electron chi connectivity index (χ2n) is 4.99. The Kier molecular flexibility index (Phi) is 3.29. The van der Waals surface area contributed by atoms with Crippen LogP contribution in [0.5, 0.6) is 5.75 Å². The van der Waals surface area contributed by atoms with E-state index < -0.39 is 0 Å². The third-order valence-corrected chi connectivity index (χ3v) is 3.52. The van der Waals surface area contributed by atoms with E-state index in [0.29, 0.717) is 16.7 Å². The van der Waals surface area contributed by atoms with Crippen LogP contribution >= 0.6 is 0 Å². The normalized spacial score (nSPS) is 11.0. The van der Waals surface area contributed by atoms with Gasteiger partial charge in [-0.1, -0.05) is 6.92 Å². The van der Waals surface area contributed by atoms with Crippen LogP contribution in [-0.4, -0.2) is 7.11 Å². The summed E-state index contributed by atoms with van der Waals surface area (Å²) in [5.41, 5.74) is 2.88. The zero-order chi connectivity index (χ0) is 15.0. The molecule has 0 aliphatic heterocycles. The van der Waals surface area contributed by atoms with Gasteiger partial charge in [0, 0.05) is 17.2 Å². The molecule has 0 saturated heterocycles. The highest BCUT2D eigenvalue weighted by Gasteiger charge is 2.14. The molecule has 4 heteroatoms. The molecule has 2 aromatic heterocycles. The third-order valence-electron chi connectivity index (χ3n) is 3.52. The van der Waals surface area contributed by atoms with E-state index in [0.717, 1.165) is 28.9 Å². The minimum absolute atomic E-state index is 0.367. The highest BCUT2D eigenvalue weighted by atomic mass is 16.5. The van der Waals surface area contributed by atoms with Crippen molar-refractivity contribution in [2.75, 3.05) is 7.11 Å². The van der Waals surface area contributed by atoms with E-state index in [1.807, 2.05) is 32.0 Å². The summed E-state index contributed by atoms with van der Waals surface area (Å²) in [6.45, 7) is 3.94. The van der Waals surface area contributed by atoms with Crippen LogP contribution in [-0.2, 0) is 6.42 Å². The maximum atomic E-state index is 12.2. The fraction of sp³-hybridized carbons (Fsp3) is 0.235. The number of hydrogen-bond donors (Lipinski definition) is 0. The summed E-state index contributed by atoms with van der Waals surface area (Å²) in [6, 6.07) is 7.45. The number of fused-ring (bicyclic) bond motifs is 1. The van der Waals surface area contributed by atoms with Crippen LogP contribution < -0.4 is 10.4 Å². The SMILES string of the molecule is CCc1coc2cc(-c3cc(C)cc(OC)c3)oc(=O)c12. The van der Waals surface area contributed by atoms with Crippen LogP contribution in [0.2, 0.25) is 0 Å². The molecular formula is C17H16O4. The van der Waals surface area contributed by atoms with E-state index in [2.05, 4.69) is 0 Å². The van der Waals surface area contributed by atoms with Gasteiger partial charge in [0.2, 0.25) is 0 Å². The van der Waals surface area contributed by atoms with Crippen molar-refractivity contribution < 1.29 is 13.6 Å². The number of hydrogen-bond acceptors (Lipinski definition) is 4. The van der Waals surface area contributed by atoms with Crippen molar-refractivity contribution in [1.82, 2.24) is 0 Å². The van der Waals surface area contributed by atoms with Gasteiger partial charge in [-0.25, -0.2) is 4.79 Å². The third kappa shape index (κ3) is 2.33. The van der Waals surface area contributed by atoms with Crippen molar-refractivity contribution in [3.05, 3.63) is 52.1 Å². The quantitative estimate of drug-likeness (QED) is 0.731. The van der Waals surface area contributed by atoms with Crippen LogP contribution in [0.1, 0.15) is 18.1 Å². The van der Waals surface area contributed by atoms with E-state index >= 15 is 0 Å². The molecule has 3 rings (SSSR count). The molecule has 21 heavy (non-hydrogen) atoms. The molecule has 1 aromatic carbocycles. The Hall–Kier alpha value is -2.49. The lowest BCUT2D eigenvalue weighted by molar-refractivity contribution is 0.414. The number of furan rings is 1. The molecule has 0 aliphatic rings. The van der Waals surface area contributed by atoms with Crippen molar-refractivity contribution in [3.63, 3.8) is 0 Å². The molecule has 0 amide bonds. The lowest BCUT2D eigenvalue weighted by Crippen LogP contribution is -2.01. The molecule has 0 bridgehead atoms. The Labute approximate surface area is 122 Å². The fourth-order valence-electron chi connectivity index (χ4n) is 2.46. The van der Waals surface area contributed by atoms with Crippen molar-refractivity contribution in [2.24, 2.45) is 0 Å². The topological polar surface area (TPSA) is 52.6 Å². The molecule has 0 atom stereocenters. The molecule has 0 radical (unpaired) electrons. The molecule has 108 valence electrons. The Morgan fingerprint density at radius 1 is 1.19 bits per heavy atom. The van der Waals surface area contributed by atoms with Gasteiger partial charge in [0.1, 0.15) is 22.5 Å². The smallest absolute Gasteiger partial charge is 0.347 e. The van der Waals surface area contributed by atoms with Crippen LogP contribution in [0.3, 0.4) is 0 Å². The molecule has 4 nitrogen and oxygen atoms in total. The van der Waals surface area contributed by atoms with E-state index in [1.165, 1.54) is 0 Å². The van der Waals surface area contributed by atoms with Gasteiger partial charge in [0.15, 0.2) is 0 Å². The van der Waals surface area contributed by atoms with Gasteiger partial charge in [0.05, 0.1) is 13.4 Å². The number of ether oxygens (including phenoxy) is 1. The summed E-state index contributed by atoms with van der Waals surface area (Å²) in [4.78, 5) is 12.2. The van der Waals surface area contributed by atoms with E-state index in [4.69, 9.17) is 13.6 Å². The molecule has 3 aromatic rings. The molecule has 0 spiro atoms. The second-order valence-corrected chi connectivity index (χ2v) is 4.99. The zero-order valence-electron chi connectivity index (χ0n) is 12.2. The van der Waals surface area contributed by atoms with Gasteiger partial charge in [-0.15, -0.1) is 0 Å². The maximum Gasteiger partial charge on any atom is 0.347 e.